The summed E-state index contributed by atoms with van der Waals surface area (Å²) >= 11 is 0. The van der Waals surface area contributed by atoms with Crippen molar-refractivity contribution in [2.45, 2.75) is 33.9 Å². The summed E-state index contributed by atoms with van der Waals surface area (Å²) in [6.45, 7) is 7.76. The van der Waals surface area contributed by atoms with E-state index in [9.17, 15) is 5.11 Å². The number of aromatic hydroxyl groups is 1. The first-order chi connectivity index (χ1) is 7.19. The second kappa shape index (κ2) is 5.56. The molecule has 1 aromatic carbocycles. The molecule has 0 radical (unpaired) electrons. The second-order valence-electron chi connectivity index (χ2n) is 3.68. The number of phenols is 1. The molecule has 15 heavy (non-hydrogen) atoms. The molecule has 2 heteroatoms. The minimum atomic E-state index is 0.410. The van der Waals surface area contributed by atoms with Gasteiger partial charge in [0.25, 0.3) is 0 Å². The Morgan fingerprint density at radius 3 is 2.20 bits per heavy atom. The first-order valence-electron chi connectivity index (χ1n) is 5.28. The van der Waals surface area contributed by atoms with Gasteiger partial charge in [0.1, 0.15) is 5.75 Å². The topological polar surface area (TPSA) is 32.3 Å². The SMILES string of the molecule is C/C=C\C.Cc1cc2c(cc1O)CNC2. The molecule has 1 aliphatic heterocycles. The normalized spacial score (nSPS) is 13.5. The molecule has 0 aliphatic carbocycles. The van der Waals surface area contributed by atoms with Crippen molar-refractivity contribution in [3.63, 3.8) is 0 Å². The minimum Gasteiger partial charge on any atom is -0.508 e. The van der Waals surface area contributed by atoms with Crippen LogP contribution in [0.1, 0.15) is 30.5 Å². The van der Waals surface area contributed by atoms with Crippen LogP contribution in [0.4, 0.5) is 0 Å². The van der Waals surface area contributed by atoms with E-state index >= 15 is 0 Å². The Morgan fingerprint density at radius 2 is 1.67 bits per heavy atom. The summed E-state index contributed by atoms with van der Waals surface area (Å²) < 4.78 is 0. The van der Waals surface area contributed by atoms with E-state index in [0.29, 0.717) is 5.75 Å². The van der Waals surface area contributed by atoms with E-state index in [1.807, 2.05) is 45.1 Å². The third kappa shape index (κ3) is 3.10. The van der Waals surface area contributed by atoms with Crippen LogP contribution in [-0.2, 0) is 13.1 Å². The summed E-state index contributed by atoms with van der Waals surface area (Å²) in [5.41, 5.74) is 3.51. The summed E-state index contributed by atoms with van der Waals surface area (Å²) in [7, 11) is 0. The maximum absolute atomic E-state index is 9.36. The van der Waals surface area contributed by atoms with Crippen molar-refractivity contribution in [3.05, 3.63) is 41.0 Å². The number of nitrogens with one attached hydrogen (secondary N) is 1. The number of allylic oxidation sites excluding steroid dienone is 2. The average Bonchev–Trinajstić information content (AvgIpc) is 2.66. The van der Waals surface area contributed by atoms with Gasteiger partial charge in [0.15, 0.2) is 0 Å². The number of phenolic OH excluding ortho intramolecular Hbond substituents is 1. The first kappa shape index (κ1) is 11.8. The Labute approximate surface area is 91.6 Å². The molecule has 0 aromatic heterocycles. The van der Waals surface area contributed by atoms with Gasteiger partial charge in [-0.2, -0.15) is 0 Å². The molecular weight excluding hydrogens is 186 g/mol. The average molecular weight is 205 g/mol. The van der Waals surface area contributed by atoms with Crippen molar-refractivity contribution in [1.29, 1.82) is 0 Å². The quantitative estimate of drug-likeness (QED) is 0.638. The number of hydrogen-bond donors (Lipinski definition) is 2. The third-order valence-corrected chi connectivity index (χ3v) is 2.48. The standard InChI is InChI=1S/C9H11NO.C4H8/c1-6-2-7-4-10-5-8(7)3-9(6)11;1-3-4-2/h2-3,10-11H,4-5H2,1H3;3-4H,1-2H3/b;4-3-. The van der Waals surface area contributed by atoms with Crippen molar-refractivity contribution in [3.8, 4) is 5.75 Å². The number of fused-ring (bicyclic) bond motifs is 1. The molecule has 2 N–H and O–H groups in total. The minimum absolute atomic E-state index is 0.410. The van der Waals surface area contributed by atoms with Crippen molar-refractivity contribution >= 4 is 0 Å². The van der Waals surface area contributed by atoms with E-state index in [1.165, 1.54) is 11.1 Å². The molecule has 0 unspecified atom stereocenters. The Hall–Kier alpha value is -1.28. The van der Waals surface area contributed by atoms with Crippen molar-refractivity contribution in [1.82, 2.24) is 5.32 Å². The van der Waals surface area contributed by atoms with Gasteiger partial charge in [0, 0.05) is 13.1 Å². The van der Waals surface area contributed by atoms with E-state index in [0.717, 1.165) is 18.7 Å². The molecule has 0 spiro atoms. The van der Waals surface area contributed by atoms with Gasteiger partial charge in [-0.05, 0) is 43.5 Å². The van der Waals surface area contributed by atoms with Crippen molar-refractivity contribution in [2.75, 3.05) is 0 Å². The number of aryl methyl sites for hydroxylation is 1. The van der Waals surface area contributed by atoms with Crippen LogP contribution in [0.5, 0.6) is 5.75 Å². The molecule has 0 amide bonds. The van der Waals surface area contributed by atoms with E-state index in [2.05, 4.69) is 5.32 Å². The molecule has 1 aliphatic rings. The van der Waals surface area contributed by atoms with Gasteiger partial charge in [-0.3, -0.25) is 0 Å². The largest absolute Gasteiger partial charge is 0.508 e. The maximum atomic E-state index is 9.36. The molecule has 1 heterocycles. The van der Waals surface area contributed by atoms with Crippen LogP contribution < -0.4 is 5.32 Å². The molecule has 0 bridgehead atoms. The Bertz CT molecular complexity index is 323. The summed E-state index contributed by atoms with van der Waals surface area (Å²) in [5.74, 6) is 0.410. The number of benzene rings is 1. The highest BCUT2D eigenvalue weighted by molar-refractivity contribution is 5.42. The van der Waals surface area contributed by atoms with E-state index in [-0.39, 0.29) is 0 Å². The lowest BCUT2D eigenvalue weighted by molar-refractivity contribution is 0.470. The molecule has 0 saturated carbocycles. The highest BCUT2D eigenvalue weighted by Gasteiger charge is 2.11. The van der Waals surface area contributed by atoms with Gasteiger partial charge in [-0.15, -0.1) is 0 Å². The fraction of sp³-hybridized carbons (Fsp3) is 0.385. The maximum Gasteiger partial charge on any atom is 0.118 e. The second-order valence-corrected chi connectivity index (χ2v) is 3.68. The zero-order chi connectivity index (χ0) is 11.3. The van der Waals surface area contributed by atoms with Crippen LogP contribution in [0, 0.1) is 6.92 Å². The van der Waals surface area contributed by atoms with Gasteiger partial charge in [-0.1, -0.05) is 18.2 Å². The van der Waals surface area contributed by atoms with E-state index in [4.69, 9.17) is 0 Å². The molecule has 0 fully saturated rings. The predicted octanol–water partition coefficient (Wildman–Crippen LogP) is 2.89. The lowest BCUT2D eigenvalue weighted by Gasteiger charge is -2.01. The number of rotatable bonds is 0. The van der Waals surface area contributed by atoms with Crippen molar-refractivity contribution < 1.29 is 5.11 Å². The molecule has 2 nitrogen and oxygen atoms in total. The summed E-state index contributed by atoms with van der Waals surface area (Å²) in [5, 5.41) is 12.6. The molecule has 0 saturated heterocycles. The summed E-state index contributed by atoms with van der Waals surface area (Å²) in [6.07, 6.45) is 4.00. The van der Waals surface area contributed by atoms with Gasteiger partial charge in [0.05, 0.1) is 0 Å². The lowest BCUT2D eigenvalue weighted by Crippen LogP contribution is -1.99. The molecule has 82 valence electrons. The highest BCUT2D eigenvalue weighted by Crippen LogP contribution is 2.24. The van der Waals surface area contributed by atoms with Crippen LogP contribution in [0.3, 0.4) is 0 Å². The van der Waals surface area contributed by atoms with Crippen molar-refractivity contribution in [2.24, 2.45) is 0 Å². The van der Waals surface area contributed by atoms with Crippen LogP contribution in [0.25, 0.3) is 0 Å². The smallest absolute Gasteiger partial charge is 0.118 e. The summed E-state index contributed by atoms with van der Waals surface area (Å²) in [4.78, 5) is 0. The summed E-state index contributed by atoms with van der Waals surface area (Å²) in [6, 6.07) is 3.90. The van der Waals surface area contributed by atoms with Crippen LogP contribution in [-0.4, -0.2) is 5.11 Å². The molecular formula is C13H19NO. The van der Waals surface area contributed by atoms with E-state index < -0.39 is 0 Å². The molecule has 2 rings (SSSR count). The Balaban J connectivity index is 0.000000245. The first-order valence-corrected chi connectivity index (χ1v) is 5.28. The molecule has 1 aromatic rings. The zero-order valence-corrected chi connectivity index (χ0v) is 9.67. The fourth-order valence-corrected chi connectivity index (χ4v) is 1.46. The lowest BCUT2D eigenvalue weighted by atomic mass is 10.1. The zero-order valence-electron chi connectivity index (χ0n) is 9.67. The Morgan fingerprint density at radius 1 is 1.13 bits per heavy atom. The van der Waals surface area contributed by atoms with Gasteiger partial charge < -0.3 is 10.4 Å². The predicted molar refractivity (Wildman–Crippen MR) is 63.9 cm³/mol. The number of hydrogen-bond acceptors (Lipinski definition) is 2. The van der Waals surface area contributed by atoms with Gasteiger partial charge in [0.2, 0.25) is 0 Å². The van der Waals surface area contributed by atoms with E-state index in [1.54, 1.807) is 0 Å². The Kier molecular flexibility index (Phi) is 4.37. The highest BCUT2D eigenvalue weighted by atomic mass is 16.3. The van der Waals surface area contributed by atoms with Gasteiger partial charge >= 0.3 is 0 Å². The fourth-order valence-electron chi connectivity index (χ4n) is 1.46. The van der Waals surface area contributed by atoms with Gasteiger partial charge in [-0.25, -0.2) is 0 Å². The van der Waals surface area contributed by atoms with Crippen LogP contribution in [0.2, 0.25) is 0 Å². The van der Waals surface area contributed by atoms with Crippen LogP contribution in [0.15, 0.2) is 24.3 Å². The third-order valence-electron chi connectivity index (χ3n) is 2.48. The molecule has 0 atom stereocenters. The van der Waals surface area contributed by atoms with Crippen LogP contribution >= 0.6 is 0 Å². The monoisotopic (exact) mass is 205 g/mol.